The fraction of sp³-hybridized carbons (Fsp3) is 0.400. The SMILES string of the molecule is CN=C(NCc1ccccc1OC(C)(C)C)NCc1cccnc1OC.I. The molecule has 0 fully saturated rings. The fourth-order valence-corrected chi connectivity index (χ4v) is 2.40. The molecule has 7 heteroatoms. The first-order chi connectivity index (χ1) is 12.4. The maximum Gasteiger partial charge on any atom is 0.218 e. The van der Waals surface area contributed by atoms with Crippen LogP contribution in [0.1, 0.15) is 31.9 Å². The highest BCUT2D eigenvalue weighted by molar-refractivity contribution is 14.0. The molecule has 0 aliphatic rings. The molecular formula is C20H29IN4O2. The Morgan fingerprint density at radius 2 is 1.67 bits per heavy atom. The lowest BCUT2D eigenvalue weighted by Crippen LogP contribution is -2.36. The van der Waals surface area contributed by atoms with Crippen LogP contribution in [0.2, 0.25) is 0 Å². The summed E-state index contributed by atoms with van der Waals surface area (Å²) in [5, 5.41) is 6.59. The van der Waals surface area contributed by atoms with Gasteiger partial charge in [0.15, 0.2) is 5.96 Å². The number of nitrogens with zero attached hydrogens (tertiary/aromatic N) is 2. The third-order valence-corrected chi connectivity index (χ3v) is 3.55. The molecule has 0 spiro atoms. The molecular weight excluding hydrogens is 455 g/mol. The van der Waals surface area contributed by atoms with Gasteiger partial charge in [-0.25, -0.2) is 4.98 Å². The van der Waals surface area contributed by atoms with Crippen LogP contribution in [0.3, 0.4) is 0 Å². The Labute approximate surface area is 178 Å². The van der Waals surface area contributed by atoms with E-state index in [-0.39, 0.29) is 29.6 Å². The van der Waals surface area contributed by atoms with Crippen LogP contribution in [-0.4, -0.2) is 30.7 Å². The quantitative estimate of drug-likeness (QED) is 0.372. The Morgan fingerprint density at radius 1 is 1.04 bits per heavy atom. The standard InChI is InChI=1S/C20H28N4O2.HI/c1-20(2,3)26-17-11-7-6-9-15(17)13-23-19(21-4)24-14-16-10-8-12-22-18(16)25-5;/h6-12H,13-14H2,1-5H3,(H2,21,23,24);1H. The number of hydrogen-bond donors (Lipinski definition) is 2. The van der Waals surface area contributed by atoms with E-state index in [1.807, 2.05) is 57.2 Å². The molecule has 1 aromatic heterocycles. The Bertz CT molecular complexity index is 745. The Kier molecular flexibility index (Phi) is 9.34. The highest BCUT2D eigenvalue weighted by Crippen LogP contribution is 2.22. The smallest absolute Gasteiger partial charge is 0.218 e. The molecule has 0 amide bonds. The van der Waals surface area contributed by atoms with Crippen molar-refractivity contribution in [1.29, 1.82) is 0 Å². The highest BCUT2D eigenvalue weighted by Gasteiger charge is 2.14. The number of aromatic nitrogens is 1. The average molecular weight is 484 g/mol. The van der Waals surface area contributed by atoms with Crippen molar-refractivity contribution in [1.82, 2.24) is 15.6 Å². The van der Waals surface area contributed by atoms with E-state index in [2.05, 4.69) is 20.6 Å². The van der Waals surface area contributed by atoms with Crippen LogP contribution >= 0.6 is 24.0 Å². The van der Waals surface area contributed by atoms with E-state index in [0.29, 0.717) is 24.9 Å². The molecule has 0 radical (unpaired) electrons. The van der Waals surface area contributed by atoms with Crippen molar-refractivity contribution in [3.63, 3.8) is 0 Å². The summed E-state index contributed by atoms with van der Waals surface area (Å²) >= 11 is 0. The van der Waals surface area contributed by atoms with Crippen molar-refractivity contribution in [3.05, 3.63) is 53.7 Å². The number of ether oxygens (including phenoxy) is 2. The molecule has 2 N–H and O–H groups in total. The van der Waals surface area contributed by atoms with Crippen LogP contribution in [0.4, 0.5) is 0 Å². The van der Waals surface area contributed by atoms with Gasteiger partial charge in [0.05, 0.1) is 7.11 Å². The van der Waals surface area contributed by atoms with Gasteiger partial charge in [-0.1, -0.05) is 24.3 Å². The van der Waals surface area contributed by atoms with E-state index in [1.54, 1.807) is 20.4 Å². The Balaban J connectivity index is 0.00000364. The van der Waals surface area contributed by atoms with Crippen LogP contribution in [0.5, 0.6) is 11.6 Å². The lowest BCUT2D eigenvalue weighted by molar-refractivity contribution is 0.129. The van der Waals surface area contributed by atoms with Gasteiger partial charge in [0.2, 0.25) is 5.88 Å². The van der Waals surface area contributed by atoms with Gasteiger partial charge in [-0.2, -0.15) is 0 Å². The van der Waals surface area contributed by atoms with Gasteiger partial charge < -0.3 is 20.1 Å². The van der Waals surface area contributed by atoms with E-state index in [9.17, 15) is 0 Å². The molecule has 1 aromatic carbocycles. The topological polar surface area (TPSA) is 67.8 Å². The number of hydrogen-bond acceptors (Lipinski definition) is 4. The Morgan fingerprint density at radius 3 is 2.30 bits per heavy atom. The maximum absolute atomic E-state index is 6.03. The first-order valence-corrected chi connectivity index (χ1v) is 8.62. The highest BCUT2D eigenvalue weighted by atomic mass is 127. The van der Waals surface area contributed by atoms with E-state index in [0.717, 1.165) is 16.9 Å². The number of nitrogens with one attached hydrogen (secondary N) is 2. The lowest BCUT2D eigenvalue weighted by atomic mass is 10.1. The van der Waals surface area contributed by atoms with Crippen molar-refractivity contribution >= 4 is 29.9 Å². The van der Waals surface area contributed by atoms with Gasteiger partial charge in [0, 0.05) is 37.5 Å². The molecule has 0 saturated carbocycles. The third kappa shape index (κ3) is 7.62. The van der Waals surface area contributed by atoms with Crippen molar-refractivity contribution < 1.29 is 9.47 Å². The van der Waals surface area contributed by atoms with E-state index in [4.69, 9.17) is 9.47 Å². The first kappa shape index (κ1) is 23.0. The number of benzene rings is 1. The fourth-order valence-electron chi connectivity index (χ4n) is 2.40. The minimum Gasteiger partial charge on any atom is -0.488 e. The van der Waals surface area contributed by atoms with E-state index >= 15 is 0 Å². The summed E-state index contributed by atoms with van der Waals surface area (Å²) in [4.78, 5) is 8.47. The number of aliphatic imine (C=N–C) groups is 1. The van der Waals surface area contributed by atoms with Crippen molar-refractivity contribution in [2.45, 2.75) is 39.5 Å². The summed E-state index contributed by atoms with van der Waals surface area (Å²) in [7, 11) is 3.36. The van der Waals surface area contributed by atoms with Crippen molar-refractivity contribution in [2.24, 2.45) is 4.99 Å². The van der Waals surface area contributed by atoms with Crippen LogP contribution in [0.15, 0.2) is 47.6 Å². The molecule has 2 aromatic rings. The number of methoxy groups -OCH3 is 1. The van der Waals surface area contributed by atoms with E-state index < -0.39 is 0 Å². The minimum absolute atomic E-state index is 0. The minimum atomic E-state index is -0.243. The molecule has 2 rings (SSSR count). The number of pyridine rings is 1. The number of guanidine groups is 1. The largest absolute Gasteiger partial charge is 0.488 e. The van der Waals surface area contributed by atoms with Gasteiger partial charge in [-0.05, 0) is 32.9 Å². The second-order valence-electron chi connectivity index (χ2n) is 6.77. The van der Waals surface area contributed by atoms with Crippen molar-refractivity contribution in [2.75, 3.05) is 14.2 Å². The molecule has 0 unspecified atom stereocenters. The summed E-state index contributed by atoms with van der Waals surface area (Å²) in [5.41, 5.74) is 1.80. The molecule has 6 nitrogen and oxygen atoms in total. The second-order valence-corrected chi connectivity index (χ2v) is 6.77. The maximum atomic E-state index is 6.03. The molecule has 27 heavy (non-hydrogen) atoms. The zero-order valence-corrected chi connectivity index (χ0v) is 18.9. The van der Waals surface area contributed by atoms with E-state index in [1.165, 1.54) is 0 Å². The van der Waals surface area contributed by atoms with Crippen molar-refractivity contribution in [3.8, 4) is 11.6 Å². The zero-order chi connectivity index (χ0) is 19.0. The van der Waals surface area contributed by atoms with Gasteiger partial charge in [-0.3, -0.25) is 4.99 Å². The molecule has 0 atom stereocenters. The van der Waals surface area contributed by atoms with Gasteiger partial charge in [0.25, 0.3) is 0 Å². The molecule has 0 saturated heterocycles. The Hall–Kier alpha value is -2.03. The molecule has 0 aliphatic carbocycles. The van der Waals surface area contributed by atoms with Gasteiger partial charge >= 0.3 is 0 Å². The van der Waals surface area contributed by atoms with Crippen LogP contribution in [0, 0.1) is 0 Å². The molecule has 148 valence electrons. The monoisotopic (exact) mass is 484 g/mol. The van der Waals surface area contributed by atoms with Crippen LogP contribution in [0.25, 0.3) is 0 Å². The molecule has 0 aliphatic heterocycles. The molecule has 1 heterocycles. The lowest BCUT2D eigenvalue weighted by Gasteiger charge is -2.23. The summed E-state index contributed by atoms with van der Waals surface area (Å²) < 4.78 is 11.3. The summed E-state index contributed by atoms with van der Waals surface area (Å²) in [6, 6.07) is 11.9. The van der Waals surface area contributed by atoms with Crippen LogP contribution in [-0.2, 0) is 13.1 Å². The predicted octanol–water partition coefficient (Wildman–Crippen LogP) is 3.75. The average Bonchev–Trinajstić information content (AvgIpc) is 2.62. The normalized spacial score (nSPS) is 11.4. The third-order valence-electron chi connectivity index (χ3n) is 3.55. The number of halogens is 1. The molecule has 0 bridgehead atoms. The first-order valence-electron chi connectivity index (χ1n) is 8.62. The number of para-hydroxylation sites is 1. The summed E-state index contributed by atoms with van der Waals surface area (Å²) in [6.07, 6.45) is 1.71. The zero-order valence-electron chi connectivity index (χ0n) is 16.6. The summed E-state index contributed by atoms with van der Waals surface area (Å²) in [5.74, 6) is 2.18. The van der Waals surface area contributed by atoms with Gasteiger partial charge in [-0.15, -0.1) is 24.0 Å². The van der Waals surface area contributed by atoms with Gasteiger partial charge in [0.1, 0.15) is 11.4 Å². The van der Waals surface area contributed by atoms with Crippen LogP contribution < -0.4 is 20.1 Å². The summed E-state index contributed by atoms with van der Waals surface area (Å²) in [6.45, 7) is 7.30. The number of rotatable bonds is 6. The second kappa shape index (κ2) is 11.0. The predicted molar refractivity (Wildman–Crippen MR) is 120 cm³/mol.